The predicted molar refractivity (Wildman–Crippen MR) is 386 cm³/mol. The molecule has 6 unspecified atom stereocenters. The molecule has 0 bridgehead atoms. The van der Waals surface area contributed by atoms with Gasteiger partial charge < -0.3 is 106 Å². The fourth-order valence-corrected chi connectivity index (χ4v) is 11.9. The number of phenolic OH excluding ortho intramolecular Hbond substituents is 1. The molecular weight excluding hydrogens is 1370 g/mol. The number of nitrogens with two attached hydrogens (primary N) is 3. The first kappa shape index (κ1) is 84.1. The number of para-hydroxylation sites is 1. The third-order valence-corrected chi connectivity index (χ3v) is 17.7. The summed E-state index contributed by atoms with van der Waals surface area (Å²) in [5, 5.41) is 81.2. The van der Waals surface area contributed by atoms with Gasteiger partial charge in [-0.1, -0.05) is 104 Å². The van der Waals surface area contributed by atoms with Crippen molar-refractivity contribution in [2.45, 2.75) is 195 Å². The van der Waals surface area contributed by atoms with Gasteiger partial charge in [0.05, 0.1) is 25.2 Å². The summed E-state index contributed by atoms with van der Waals surface area (Å²) in [7, 11) is 0. The number of aromatic amines is 1. The van der Waals surface area contributed by atoms with Gasteiger partial charge in [-0.2, -0.15) is 0 Å². The average molecular weight is 1470 g/mol. The molecule has 13 atom stereocenters. The number of aliphatic hydroxyl groups is 3. The largest absolute Gasteiger partial charge is 0.508 e. The first-order valence-corrected chi connectivity index (χ1v) is 35.3. The SMILES string of the molecule is C[C@@H](O)[C@@H]1NC(=O)C(Cc2ccc(O)cc2)NC(=O)[C@H]([C@@H](C)O)NC(=O)C(CCCCN)NC(=O)C(Cc2c[nH]c3ccccc23)NC(=O)[C@H](Cc2ccccc2)NC(=O)C(Cc2ccccc2)NC(=O)[C@H](CC(N)=O)NC(=O)C(CCCCN)NC(=O)CCCCC[C@@H](C(=O)O)NC(=O)C(CO)NC1=O. The molecule has 0 radical (unpaired) electrons. The van der Waals surface area contributed by atoms with Crippen molar-refractivity contribution in [3.05, 3.63) is 138 Å². The Hall–Kier alpha value is -10.9. The molecule has 1 fully saturated rings. The first-order valence-electron chi connectivity index (χ1n) is 35.3. The number of unbranched alkanes of at least 4 members (excludes halogenated alkanes) is 2. The van der Waals surface area contributed by atoms with Gasteiger partial charge in [-0.15, -0.1) is 0 Å². The lowest BCUT2D eigenvalue weighted by molar-refractivity contribution is -0.143. The van der Waals surface area contributed by atoms with Crippen LogP contribution in [0, 0.1) is 0 Å². The highest BCUT2D eigenvalue weighted by molar-refractivity contribution is 6.00. The van der Waals surface area contributed by atoms with Crippen molar-refractivity contribution in [2.24, 2.45) is 17.2 Å². The van der Waals surface area contributed by atoms with Crippen LogP contribution in [-0.4, -0.2) is 206 Å². The molecule has 106 heavy (non-hydrogen) atoms. The molecule has 574 valence electrons. The summed E-state index contributed by atoms with van der Waals surface area (Å²) in [4.78, 5) is 188. The molecule has 12 amide bonds. The number of fused-ring (bicyclic) bond motifs is 1. The second kappa shape index (κ2) is 42.8. The monoisotopic (exact) mass is 1470 g/mol. The number of amides is 12. The van der Waals surface area contributed by atoms with E-state index >= 15 is 14.4 Å². The molecule has 23 N–H and O–H groups in total. The van der Waals surface area contributed by atoms with Crippen molar-refractivity contribution < 1.29 is 87.9 Å². The van der Waals surface area contributed by atoms with Gasteiger partial charge in [0.2, 0.25) is 70.9 Å². The normalized spacial score (nSPS) is 23.9. The van der Waals surface area contributed by atoms with E-state index in [9.17, 15) is 73.5 Å². The van der Waals surface area contributed by atoms with E-state index in [-0.39, 0.29) is 89.5 Å². The standard InChI is InChI=1S/C73H99N15O18/c1-41(90)61-71(103)85-55(36-45-28-30-47(92)31-29-45)69(101)88-62(42(2)91)72(104)86-58(40-89)70(102)80-52(73(105)106)26-10-5-11-27-60(94)78-50(24-14-16-32-74)63(95)84-57(38-59(76)93)68(100)82-53(34-43-18-6-3-7-19-43)65(97)81-54(35-44-20-8-4-9-21-44)66(98)83-56(37-46-39-77-49-23-13-12-22-48(46)49)67(99)79-51(64(96)87-61)25-15-17-33-75/h3-4,6-9,12-13,18-23,28-31,39,41-42,50-58,61-62,77,89-92H,5,10-11,14-17,24-27,32-38,40,74-75H2,1-2H3,(H2,76,93)(H,78,94)(H,79,99)(H,80,102)(H,81,97)(H,82,100)(H,83,98)(H,84,95)(H,85,103)(H,86,104)(H,87,96)(H,88,101)(H,105,106)/t41-,42-,50?,51?,52+,53?,54+,55?,56?,57+,58?,61+,62+/m1/s1. The molecule has 0 aliphatic carbocycles. The van der Waals surface area contributed by atoms with Crippen LogP contribution in [0.15, 0.2) is 115 Å². The summed E-state index contributed by atoms with van der Waals surface area (Å²) in [6.45, 7) is 1.45. The predicted octanol–water partition coefficient (Wildman–Crippen LogP) is -2.59. The minimum atomic E-state index is -1.96. The number of aromatic hydroxyl groups is 1. The number of hydrogen-bond donors (Lipinski definition) is 20. The van der Waals surface area contributed by atoms with Gasteiger partial charge in [-0.05, 0) is 119 Å². The van der Waals surface area contributed by atoms with E-state index in [4.69, 9.17) is 17.2 Å². The van der Waals surface area contributed by atoms with Crippen molar-refractivity contribution in [3.8, 4) is 5.75 Å². The zero-order chi connectivity index (χ0) is 77.4. The number of carbonyl (C=O) groups excluding carboxylic acids is 12. The van der Waals surface area contributed by atoms with Crippen molar-refractivity contribution >= 4 is 87.8 Å². The van der Waals surface area contributed by atoms with E-state index in [1.54, 1.807) is 91.1 Å². The molecule has 5 aromatic rings. The topological polar surface area (TPSA) is 549 Å². The molecule has 1 aromatic heterocycles. The van der Waals surface area contributed by atoms with E-state index in [1.807, 2.05) is 0 Å². The molecule has 33 heteroatoms. The van der Waals surface area contributed by atoms with Gasteiger partial charge in [0.1, 0.15) is 72.2 Å². The number of aliphatic hydroxyl groups excluding tert-OH is 3. The van der Waals surface area contributed by atoms with Crippen LogP contribution < -0.4 is 75.7 Å². The molecule has 6 rings (SSSR count). The van der Waals surface area contributed by atoms with Crippen LogP contribution in [0.1, 0.15) is 113 Å². The van der Waals surface area contributed by atoms with Crippen LogP contribution in [0.3, 0.4) is 0 Å². The summed E-state index contributed by atoms with van der Waals surface area (Å²) < 4.78 is 0. The lowest BCUT2D eigenvalue weighted by atomic mass is 10.00. The van der Waals surface area contributed by atoms with Crippen LogP contribution >= 0.6 is 0 Å². The second-order valence-corrected chi connectivity index (χ2v) is 26.2. The van der Waals surface area contributed by atoms with Crippen LogP contribution in [0.2, 0.25) is 0 Å². The summed E-state index contributed by atoms with van der Waals surface area (Å²) >= 11 is 0. The zero-order valence-electron chi connectivity index (χ0n) is 59.2. The Kier molecular flexibility index (Phi) is 33.9. The summed E-state index contributed by atoms with van der Waals surface area (Å²) in [6, 6.07) is 10.7. The number of carboxylic acids is 1. The lowest BCUT2D eigenvalue weighted by Gasteiger charge is -2.29. The molecule has 4 aromatic carbocycles. The number of carboxylic acid groups (broad SMARTS) is 1. The van der Waals surface area contributed by atoms with E-state index in [2.05, 4.69) is 63.5 Å². The number of phenols is 1. The Bertz CT molecular complexity index is 3790. The second-order valence-electron chi connectivity index (χ2n) is 26.2. The van der Waals surface area contributed by atoms with Gasteiger partial charge >= 0.3 is 5.97 Å². The maximum absolute atomic E-state index is 15.3. The number of rotatable bonds is 22. The number of H-pyrrole nitrogens is 1. The number of aliphatic carboxylic acids is 1. The Balaban J connectivity index is 1.43. The summed E-state index contributed by atoms with van der Waals surface area (Å²) in [6.07, 6.45) is -2.84. The molecule has 1 saturated heterocycles. The van der Waals surface area contributed by atoms with Gasteiger partial charge in [-0.3, -0.25) is 57.5 Å². The number of nitrogens with one attached hydrogen (secondary N) is 12. The van der Waals surface area contributed by atoms with E-state index < -0.39 is 175 Å². The minimum absolute atomic E-state index is 0.00519. The summed E-state index contributed by atoms with van der Waals surface area (Å²) in [5.41, 5.74) is 19.8. The van der Waals surface area contributed by atoms with Crippen LogP contribution in [-0.2, 0) is 88.0 Å². The lowest BCUT2D eigenvalue weighted by Crippen LogP contribution is -2.63. The number of primary amides is 1. The number of hydrogen-bond acceptors (Lipinski definition) is 19. The maximum atomic E-state index is 15.3. The quantitative estimate of drug-likeness (QED) is 0.0316. The number of benzene rings is 4. The van der Waals surface area contributed by atoms with Gasteiger partial charge in [0.25, 0.3) is 0 Å². The van der Waals surface area contributed by atoms with Crippen LogP contribution in [0.5, 0.6) is 5.75 Å². The van der Waals surface area contributed by atoms with Crippen LogP contribution in [0.4, 0.5) is 0 Å². The van der Waals surface area contributed by atoms with Crippen LogP contribution in [0.25, 0.3) is 10.9 Å². The Morgan fingerprint density at radius 3 is 1.35 bits per heavy atom. The smallest absolute Gasteiger partial charge is 0.326 e. The average Bonchev–Trinajstić information content (AvgIpc) is 1.30. The molecule has 0 saturated carbocycles. The van der Waals surface area contributed by atoms with Crippen molar-refractivity contribution in [1.82, 2.24) is 63.5 Å². The number of aromatic nitrogens is 1. The van der Waals surface area contributed by atoms with E-state index in [0.717, 1.165) is 13.8 Å². The zero-order valence-corrected chi connectivity index (χ0v) is 59.2. The molecule has 1 aliphatic rings. The summed E-state index contributed by atoms with van der Waals surface area (Å²) in [5.74, 6) is -14.1. The number of carbonyl (C=O) groups is 13. The fourth-order valence-electron chi connectivity index (χ4n) is 11.9. The van der Waals surface area contributed by atoms with Crippen molar-refractivity contribution in [3.63, 3.8) is 0 Å². The third kappa shape index (κ3) is 27.0. The highest BCUT2D eigenvalue weighted by atomic mass is 16.4. The van der Waals surface area contributed by atoms with Gasteiger partial charge in [0, 0.05) is 49.2 Å². The third-order valence-electron chi connectivity index (χ3n) is 17.7. The Labute approximate surface area is 612 Å². The molecule has 0 spiro atoms. The highest BCUT2D eigenvalue weighted by Crippen LogP contribution is 2.21. The van der Waals surface area contributed by atoms with Gasteiger partial charge in [-0.25, -0.2) is 4.79 Å². The highest BCUT2D eigenvalue weighted by Gasteiger charge is 2.39. The molecule has 2 heterocycles. The molecule has 1 aliphatic heterocycles. The van der Waals surface area contributed by atoms with E-state index in [0.29, 0.717) is 52.4 Å². The molecular formula is C73H99N15O18. The van der Waals surface area contributed by atoms with Crippen molar-refractivity contribution in [1.29, 1.82) is 0 Å². The Morgan fingerprint density at radius 2 is 0.858 bits per heavy atom. The Morgan fingerprint density at radius 1 is 0.453 bits per heavy atom. The fraction of sp³-hybridized carbons (Fsp3) is 0.466. The van der Waals surface area contributed by atoms with E-state index in [1.165, 1.54) is 24.3 Å². The first-order chi connectivity index (χ1) is 50.7. The van der Waals surface area contributed by atoms with Gasteiger partial charge in [0.15, 0.2) is 0 Å². The maximum Gasteiger partial charge on any atom is 0.326 e. The van der Waals surface area contributed by atoms with Crippen molar-refractivity contribution in [2.75, 3.05) is 19.7 Å². The molecule has 33 nitrogen and oxygen atoms in total. The minimum Gasteiger partial charge on any atom is -0.508 e.